The zero-order valence-corrected chi connectivity index (χ0v) is 10.5. The van der Waals surface area contributed by atoms with E-state index in [1.54, 1.807) is 0 Å². The molecular formula is C12H16N4S. The maximum atomic E-state index is 5.72. The fraction of sp³-hybridized carbons (Fsp3) is 0.500. The highest BCUT2D eigenvalue weighted by molar-refractivity contribution is 7.13. The molecule has 1 saturated heterocycles. The molecule has 17 heavy (non-hydrogen) atoms. The van der Waals surface area contributed by atoms with Crippen LogP contribution < -0.4 is 10.6 Å². The van der Waals surface area contributed by atoms with Crippen LogP contribution in [-0.4, -0.2) is 29.2 Å². The molecule has 0 atom stereocenters. The van der Waals surface area contributed by atoms with Gasteiger partial charge in [0.15, 0.2) is 0 Å². The number of nitrogens with two attached hydrogens (primary N) is 1. The van der Waals surface area contributed by atoms with E-state index in [9.17, 15) is 0 Å². The first-order valence-corrected chi connectivity index (χ1v) is 6.82. The Balaban J connectivity index is 1.87. The third kappa shape index (κ3) is 2.00. The lowest BCUT2D eigenvalue weighted by atomic mass is 9.97. The Morgan fingerprint density at radius 2 is 2.18 bits per heavy atom. The van der Waals surface area contributed by atoms with Crippen LogP contribution in [0.4, 0.5) is 5.69 Å². The van der Waals surface area contributed by atoms with Crippen LogP contribution in [0.5, 0.6) is 0 Å². The minimum atomic E-state index is 0.699. The Kier molecular flexibility index (Phi) is 2.94. The molecule has 2 heterocycles. The molecule has 1 aliphatic heterocycles. The van der Waals surface area contributed by atoms with Gasteiger partial charge in [-0.05, 0) is 49.0 Å². The van der Waals surface area contributed by atoms with Crippen molar-refractivity contribution < 1.29 is 0 Å². The van der Waals surface area contributed by atoms with Crippen LogP contribution in [0.25, 0.3) is 10.2 Å². The SMILES string of the molecule is NCC1CCN(c2cccc3nnsc23)CC1. The van der Waals surface area contributed by atoms with Crippen LogP contribution in [0, 0.1) is 5.92 Å². The van der Waals surface area contributed by atoms with Gasteiger partial charge in [-0.25, -0.2) is 0 Å². The van der Waals surface area contributed by atoms with Crippen molar-refractivity contribution in [2.75, 3.05) is 24.5 Å². The summed E-state index contributed by atoms with van der Waals surface area (Å²) in [5, 5.41) is 4.13. The fourth-order valence-corrected chi connectivity index (χ4v) is 3.15. The van der Waals surface area contributed by atoms with Crippen molar-refractivity contribution >= 4 is 27.4 Å². The molecular weight excluding hydrogens is 232 g/mol. The molecule has 1 aromatic carbocycles. The molecule has 0 saturated carbocycles. The highest BCUT2D eigenvalue weighted by atomic mass is 32.1. The lowest BCUT2D eigenvalue weighted by Gasteiger charge is -2.33. The first-order valence-electron chi connectivity index (χ1n) is 6.04. The van der Waals surface area contributed by atoms with Gasteiger partial charge in [0.1, 0.15) is 5.52 Å². The van der Waals surface area contributed by atoms with E-state index < -0.39 is 0 Å². The first kappa shape index (κ1) is 10.9. The molecule has 0 unspecified atom stereocenters. The number of hydrogen-bond donors (Lipinski definition) is 1. The number of aromatic nitrogens is 2. The number of fused-ring (bicyclic) bond motifs is 1. The zero-order chi connectivity index (χ0) is 11.7. The minimum Gasteiger partial charge on any atom is -0.370 e. The van der Waals surface area contributed by atoms with Crippen LogP contribution in [-0.2, 0) is 0 Å². The van der Waals surface area contributed by atoms with Crippen LogP contribution >= 0.6 is 11.5 Å². The van der Waals surface area contributed by atoms with Crippen LogP contribution in [0.1, 0.15) is 12.8 Å². The zero-order valence-electron chi connectivity index (χ0n) is 9.67. The smallest absolute Gasteiger partial charge is 0.108 e. The van der Waals surface area contributed by atoms with E-state index in [1.165, 1.54) is 34.8 Å². The van der Waals surface area contributed by atoms with Crippen molar-refractivity contribution in [2.24, 2.45) is 11.7 Å². The van der Waals surface area contributed by atoms with Gasteiger partial charge in [-0.2, -0.15) is 0 Å². The Morgan fingerprint density at radius 3 is 2.94 bits per heavy atom. The monoisotopic (exact) mass is 248 g/mol. The lowest BCUT2D eigenvalue weighted by Crippen LogP contribution is -2.36. The van der Waals surface area contributed by atoms with E-state index in [4.69, 9.17) is 5.73 Å². The van der Waals surface area contributed by atoms with Gasteiger partial charge in [0, 0.05) is 13.1 Å². The molecule has 0 radical (unpaired) electrons. The van der Waals surface area contributed by atoms with Crippen molar-refractivity contribution in [3.05, 3.63) is 18.2 Å². The summed E-state index contributed by atoms with van der Waals surface area (Å²) in [7, 11) is 0. The molecule has 0 spiro atoms. The summed E-state index contributed by atoms with van der Waals surface area (Å²) in [5.41, 5.74) is 8.02. The number of hydrogen-bond acceptors (Lipinski definition) is 5. The van der Waals surface area contributed by atoms with Gasteiger partial charge >= 0.3 is 0 Å². The van der Waals surface area contributed by atoms with E-state index in [1.807, 2.05) is 6.07 Å². The molecule has 1 aromatic heterocycles. The van der Waals surface area contributed by atoms with Gasteiger partial charge in [0.25, 0.3) is 0 Å². The fourth-order valence-electron chi connectivity index (χ4n) is 2.45. The minimum absolute atomic E-state index is 0.699. The van der Waals surface area contributed by atoms with E-state index in [0.717, 1.165) is 25.2 Å². The molecule has 4 nitrogen and oxygen atoms in total. The summed E-state index contributed by atoms with van der Waals surface area (Å²) in [6.07, 6.45) is 2.39. The standard InChI is InChI=1S/C12H16N4S/c13-8-9-4-6-16(7-5-9)11-3-1-2-10-12(11)17-15-14-10/h1-3,9H,4-8,13H2. The summed E-state index contributed by atoms with van der Waals surface area (Å²) in [4.78, 5) is 2.44. The van der Waals surface area contributed by atoms with Crippen molar-refractivity contribution in [3.8, 4) is 0 Å². The van der Waals surface area contributed by atoms with Crippen molar-refractivity contribution in [1.29, 1.82) is 0 Å². The van der Waals surface area contributed by atoms with Gasteiger partial charge in [-0.1, -0.05) is 10.6 Å². The topological polar surface area (TPSA) is 55.0 Å². The molecule has 2 N–H and O–H groups in total. The van der Waals surface area contributed by atoms with Gasteiger partial charge in [-0.15, -0.1) is 5.10 Å². The first-order chi connectivity index (χ1) is 8.38. The van der Waals surface area contributed by atoms with Gasteiger partial charge in [-0.3, -0.25) is 0 Å². The summed E-state index contributed by atoms with van der Waals surface area (Å²) < 4.78 is 5.24. The molecule has 0 bridgehead atoms. The Labute approximate surface area is 105 Å². The van der Waals surface area contributed by atoms with Gasteiger partial charge in [0.05, 0.1) is 10.4 Å². The van der Waals surface area contributed by atoms with E-state index in [2.05, 4.69) is 26.6 Å². The van der Waals surface area contributed by atoms with Crippen LogP contribution in [0.15, 0.2) is 18.2 Å². The quantitative estimate of drug-likeness (QED) is 0.881. The average Bonchev–Trinajstić information content (AvgIpc) is 2.87. The summed E-state index contributed by atoms with van der Waals surface area (Å²) >= 11 is 1.49. The molecule has 90 valence electrons. The van der Waals surface area contributed by atoms with Crippen LogP contribution in [0.2, 0.25) is 0 Å². The van der Waals surface area contributed by atoms with Crippen molar-refractivity contribution in [1.82, 2.24) is 9.59 Å². The number of benzene rings is 1. The average molecular weight is 248 g/mol. The number of anilines is 1. The largest absolute Gasteiger partial charge is 0.370 e. The number of nitrogens with zero attached hydrogens (tertiary/aromatic N) is 3. The van der Waals surface area contributed by atoms with Gasteiger partial charge in [0.2, 0.25) is 0 Å². The van der Waals surface area contributed by atoms with Crippen molar-refractivity contribution in [3.63, 3.8) is 0 Å². The molecule has 3 rings (SSSR count). The predicted molar refractivity (Wildman–Crippen MR) is 71.4 cm³/mol. The summed E-state index contributed by atoms with van der Waals surface area (Å²) in [6, 6.07) is 6.26. The van der Waals surface area contributed by atoms with E-state index in [-0.39, 0.29) is 0 Å². The second-order valence-corrected chi connectivity index (χ2v) is 5.32. The number of piperidine rings is 1. The molecule has 0 aliphatic carbocycles. The number of rotatable bonds is 2. The summed E-state index contributed by atoms with van der Waals surface area (Å²) in [5.74, 6) is 0.699. The Bertz CT molecular complexity index is 502. The maximum Gasteiger partial charge on any atom is 0.108 e. The van der Waals surface area contributed by atoms with Crippen LogP contribution in [0.3, 0.4) is 0 Å². The third-order valence-corrected chi connectivity index (χ3v) is 4.31. The lowest BCUT2D eigenvalue weighted by molar-refractivity contribution is 0.415. The Morgan fingerprint density at radius 1 is 1.35 bits per heavy atom. The van der Waals surface area contributed by atoms with E-state index >= 15 is 0 Å². The molecule has 1 fully saturated rings. The maximum absolute atomic E-state index is 5.72. The molecule has 2 aromatic rings. The molecule has 0 amide bonds. The molecule has 5 heteroatoms. The van der Waals surface area contributed by atoms with E-state index in [0.29, 0.717) is 5.92 Å². The molecule has 1 aliphatic rings. The third-order valence-electron chi connectivity index (χ3n) is 3.54. The highest BCUT2D eigenvalue weighted by Crippen LogP contribution is 2.31. The second kappa shape index (κ2) is 4.58. The second-order valence-electron chi connectivity index (χ2n) is 4.56. The predicted octanol–water partition coefficient (Wildman–Crippen LogP) is 1.87. The Hall–Kier alpha value is -1.20. The summed E-state index contributed by atoms with van der Waals surface area (Å²) in [6.45, 7) is 3.01. The normalized spacial score (nSPS) is 17.8. The highest BCUT2D eigenvalue weighted by Gasteiger charge is 2.20. The van der Waals surface area contributed by atoms with Crippen molar-refractivity contribution in [2.45, 2.75) is 12.8 Å². The van der Waals surface area contributed by atoms with Gasteiger partial charge < -0.3 is 10.6 Å².